The summed E-state index contributed by atoms with van der Waals surface area (Å²) in [5.74, 6) is 1.30. The molecule has 1 saturated heterocycles. The van der Waals surface area contributed by atoms with E-state index in [-0.39, 0.29) is 0 Å². The Morgan fingerprint density at radius 3 is 2.75 bits per heavy atom. The van der Waals surface area contributed by atoms with Crippen LogP contribution in [-0.2, 0) is 6.67 Å². The zero-order chi connectivity index (χ0) is 11.2. The predicted molar refractivity (Wildman–Crippen MR) is 62.3 cm³/mol. The first-order valence-corrected chi connectivity index (χ1v) is 5.87. The fraction of sp³-hybridized carbons (Fsp3) is 0.538. The number of benzene rings is 1. The van der Waals surface area contributed by atoms with E-state index in [0.717, 1.165) is 25.9 Å². The summed E-state index contributed by atoms with van der Waals surface area (Å²) in [6, 6.07) is 7.34. The molecule has 1 fully saturated rings. The van der Waals surface area contributed by atoms with Crippen LogP contribution in [0.15, 0.2) is 24.3 Å². The van der Waals surface area contributed by atoms with Crippen molar-refractivity contribution in [3.8, 4) is 5.75 Å². The van der Waals surface area contributed by atoms with Crippen LogP contribution in [0, 0.1) is 5.92 Å². The minimum atomic E-state index is -0.456. The third-order valence-electron chi connectivity index (χ3n) is 3.05. The molecule has 0 aromatic heterocycles. The average Bonchev–Trinajstić information content (AvgIpc) is 2.38. The van der Waals surface area contributed by atoms with Crippen molar-refractivity contribution in [3.63, 3.8) is 0 Å². The Balaban J connectivity index is 1.88. The van der Waals surface area contributed by atoms with Gasteiger partial charge in [0.1, 0.15) is 12.4 Å². The highest BCUT2D eigenvalue weighted by Crippen LogP contribution is 2.21. The van der Waals surface area contributed by atoms with E-state index in [1.165, 1.54) is 0 Å². The second-order valence-corrected chi connectivity index (χ2v) is 4.25. The van der Waals surface area contributed by atoms with Gasteiger partial charge in [-0.1, -0.05) is 18.2 Å². The third-order valence-corrected chi connectivity index (χ3v) is 3.05. The van der Waals surface area contributed by atoms with Crippen molar-refractivity contribution in [2.45, 2.75) is 19.5 Å². The van der Waals surface area contributed by atoms with Crippen LogP contribution in [0.5, 0.6) is 5.75 Å². The van der Waals surface area contributed by atoms with Crippen molar-refractivity contribution in [1.82, 2.24) is 5.32 Å². The quantitative estimate of drug-likeness (QED) is 0.847. The van der Waals surface area contributed by atoms with Crippen LogP contribution >= 0.6 is 0 Å². The lowest BCUT2D eigenvalue weighted by molar-refractivity contribution is 0.212. The molecule has 0 aliphatic carbocycles. The van der Waals surface area contributed by atoms with Crippen LogP contribution in [-0.4, -0.2) is 19.7 Å². The maximum atomic E-state index is 12.7. The van der Waals surface area contributed by atoms with Gasteiger partial charge >= 0.3 is 0 Å². The molecular weight excluding hydrogens is 205 g/mol. The fourth-order valence-corrected chi connectivity index (χ4v) is 2.01. The Morgan fingerprint density at radius 2 is 2.00 bits per heavy atom. The number of nitrogens with one attached hydrogen (secondary N) is 1. The Bertz CT molecular complexity index is 323. The third kappa shape index (κ3) is 2.95. The molecule has 2 nitrogen and oxygen atoms in total. The summed E-state index contributed by atoms with van der Waals surface area (Å²) < 4.78 is 18.4. The van der Waals surface area contributed by atoms with E-state index in [1.807, 2.05) is 18.2 Å². The van der Waals surface area contributed by atoms with Crippen molar-refractivity contribution >= 4 is 0 Å². The lowest BCUT2D eigenvalue weighted by Crippen LogP contribution is -2.30. The SMILES string of the molecule is FCc1ccccc1OCC1CCNCC1. The summed E-state index contributed by atoms with van der Waals surface area (Å²) in [6.07, 6.45) is 2.30. The smallest absolute Gasteiger partial charge is 0.125 e. The van der Waals surface area contributed by atoms with E-state index in [4.69, 9.17) is 4.74 Å². The molecule has 1 N–H and O–H groups in total. The van der Waals surface area contributed by atoms with Gasteiger partial charge in [-0.05, 0) is 37.9 Å². The molecule has 2 rings (SSSR count). The van der Waals surface area contributed by atoms with Crippen LogP contribution < -0.4 is 10.1 Å². The summed E-state index contributed by atoms with van der Waals surface area (Å²) in [5, 5.41) is 3.32. The number of alkyl halides is 1. The highest BCUT2D eigenvalue weighted by atomic mass is 19.1. The fourth-order valence-electron chi connectivity index (χ4n) is 2.01. The standard InChI is InChI=1S/C13H18FNO/c14-9-12-3-1-2-4-13(12)16-10-11-5-7-15-8-6-11/h1-4,11,15H,5-10H2. The number of para-hydroxylation sites is 1. The van der Waals surface area contributed by atoms with Crippen LogP contribution in [0.3, 0.4) is 0 Å². The minimum Gasteiger partial charge on any atom is -0.493 e. The number of halogens is 1. The van der Waals surface area contributed by atoms with Crippen LogP contribution in [0.2, 0.25) is 0 Å². The number of rotatable bonds is 4. The number of hydrogen-bond acceptors (Lipinski definition) is 2. The molecule has 1 aliphatic rings. The molecular formula is C13H18FNO. The van der Waals surface area contributed by atoms with Gasteiger partial charge in [-0.2, -0.15) is 0 Å². The van der Waals surface area contributed by atoms with Crippen molar-refractivity contribution < 1.29 is 9.13 Å². The Labute approximate surface area is 95.8 Å². The largest absolute Gasteiger partial charge is 0.493 e. The maximum absolute atomic E-state index is 12.7. The van der Waals surface area contributed by atoms with E-state index in [0.29, 0.717) is 23.8 Å². The van der Waals surface area contributed by atoms with Crippen molar-refractivity contribution in [3.05, 3.63) is 29.8 Å². The zero-order valence-electron chi connectivity index (χ0n) is 9.42. The Morgan fingerprint density at radius 1 is 1.25 bits per heavy atom. The van der Waals surface area contributed by atoms with E-state index in [1.54, 1.807) is 6.07 Å². The number of piperidine rings is 1. The highest BCUT2D eigenvalue weighted by molar-refractivity contribution is 5.32. The maximum Gasteiger partial charge on any atom is 0.125 e. The summed E-state index contributed by atoms with van der Waals surface area (Å²) >= 11 is 0. The molecule has 1 heterocycles. The molecule has 1 aromatic carbocycles. The average molecular weight is 223 g/mol. The van der Waals surface area contributed by atoms with E-state index >= 15 is 0 Å². The van der Waals surface area contributed by atoms with Gasteiger partial charge in [-0.15, -0.1) is 0 Å². The van der Waals surface area contributed by atoms with Crippen LogP contribution in [0.4, 0.5) is 4.39 Å². The molecule has 1 aliphatic heterocycles. The second kappa shape index (κ2) is 5.85. The molecule has 0 amide bonds. The molecule has 0 unspecified atom stereocenters. The van der Waals surface area contributed by atoms with Gasteiger partial charge in [0.05, 0.1) is 6.61 Å². The summed E-state index contributed by atoms with van der Waals surface area (Å²) in [6.45, 7) is 2.39. The van der Waals surface area contributed by atoms with Crippen molar-refractivity contribution in [1.29, 1.82) is 0 Å². The first kappa shape index (κ1) is 11.4. The van der Waals surface area contributed by atoms with Crippen molar-refractivity contribution in [2.75, 3.05) is 19.7 Å². The summed E-state index contributed by atoms with van der Waals surface area (Å²) in [7, 11) is 0. The van der Waals surface area contributed by atoms with Gasteiger partial charge in [-0.3, -0.25) is 0 Å². The first-order valence-electron chi connectivity index (χ1n) is 5.87. The lowest BCUT2D eigenvalue weighted by Gasteiger charge is -2.23. The predicted octanol–water partition coefficient (Wildman–Crippen LogP) is 2.53. The first-order chi connectivity index (χ1) is 7.90. The zero-order valence-corrected chi connectivity index (χ0v) is 9.42. The number of hydrogen-bond donors (Lipinski definition) is 1. The molecule has 3 heteroatoms. The minimum absolute atomic E-state index is 0.456. The van der Waals surface area contributed by atoms with Gasteiger partial charge in [-0.25, -0.2) is 4.39 Å². The molecule has 0 spiro atoms. The highest BCUT2D eigenvalue weighted by Gasteiger charge is 2.14. The van der Waals surface area contributed by atoms with E-state index in [9.17, 15) is 4.39 Å². The monoisotopic (exact) mass is 223 g/mol. The topological polar surface area (TPSA) is 21.3 Å². The van der Waals surface area contributed by atoms with Gasteiger partial charge in [0.2, 0.25) is 0 Å². The summed E-state index contributed by atoms with van der Waals surface area (Å²) in [4.78, 5) is 0. The van der Waals surface area contributed by atoms with Gasteiger partial charge in [0.15, 0.2) is 0 Å². The molecule has 88 valence electrons. The molecule has 0 bridgehead atoms. The number of ether oxygens (including phenoxy) is 1. The van der Waals surface area contributed by atoms with E-state index < -0.39 is 6.67 Å². The molecule has 0 saturated carbocycles. The van der Waals surface area contributed by atoms with Gasteiger partial charge in [0, 0.05) is 5.56 Å². The van der Waals surface area contributed by atoms with Crippen molar-refractivity contribution in [2.24, 2.45) is 5.92 Å². The second-order valence-electron chi connectivity index (χ2n) is 4.25. The molecule has 16 heavy (non-hydrogen) atoms. The van der Waals surface area contributed by atoms with Crippen LogP contribution in [0.1, 0.15) is 18.4 Å². The Hall–Kier alpha value is -1.09. The normalized spacial score (nSPS) is 17.3. The Kier molecular flexibility index (Phi) is 4.17. The van der Waals surface area contributed by atoms with Crippen LogP contribution in [0.25, 0.3) is 0 Å². The molecule has 0 atom stereocenters. The van der Waals surface area contributed by atoms with Gasteiger partial charge < -0.3 is 10.1 Å². The van der Waals surface area contributed by atoms with E-state index in [2.05, 4.69) is 5.32 Å². The lowest BCUT2D eigenvalue weighted by atomic mass is 9.99. The molecule has 0 radical (unpaired) electrons. The summed E-state index contributed by atoms with van der Waals surface area (Å²) in [5.41, 5.74) is 0.649. The van der Waals surface area contributed by atoms with Gasteiger partial charge in [0.25, 0.3) is 0 Å². The molecule has 1 aromatic rings.